The number of nitrogens with zero attached hydrogens (tertiary/aromatic N) is 5. The summed E-state index contributed by atoms with van der Waals surface area (Å²) in [4.78, 5) is 23.0. The predicted molar refractivity (Wildman–Crippen MR) is 117 cm³/mol. The van der Waals surface area contributed by atoms with Gasteiger partial charge in [0.2, 0.25) is 11.9 Å². The summed E-state index contributed by atoms with van der Waals surface area (Å²) in [5.41, 5.74) is 0.454. The molecular formula is C20H21BrFN7O2. The molecule has 1 aliphatic carbocycles. The summed E-state index contributed by atoms with van der Waals surface area (Å²) in [6, 6.07) is 7.21. The minimum atomic E-state index is -1.69. The van der Waals surface area contributed by atoms with E-state index >= 15 is 0 Å². The second-order valence-electron chi connectivity index (χ2n) is 7.93. The van der Waals surface area contributed by atoms with Crippen LogP contribution in [0.25, 0.3) is 5.65 Å². The minimum Gasteiger partial charge on any atom is -0.391 e. The van der Waals surface area contributed by atoms with Crippen LogP contribution in [0.2, 0.25) is 0 Å². The minimum absolute atomic E-state index is 0.288. The van der Waals surface area contributed by atoms with E-state index in [9.17, 15) is 14.3 Å². The van der Waals surface area contributed by atoms with Crippen molar-refractivity contribution in [3.8, 4) is 0 Å². The Bertz CT molecular complexity index is 1130. The normalized spacial score (nSPS) is 19.6. The number of halogens is 2. The molecule has 1 saturated heterocycles. The van der Waals surface area contributed by atoms with Gasteiger partial charge in [-0.3, -0.25) is 4.79 Å². The van der Waals surface area contributed by atoms with Gasteiger partial charge in [-0.2, -0.15) is 19.6 Å². The number of carbonyl (C=O) groups excluding carboxylic acids is 1. The largest absolute Gasteiger partial charge is 0.391 e. The Morgan fingerprint density at radius 1 is 1.29 bits per heavy atom. The number of aliphatic hydroxyl groups excluding tert-OH is 1. The first kappa shape index (κ1) is 20.1. The highest BCUT2D eigenvalue weighted by Gasteiger charge is 2.50. The summed E-state index contributed by atoms with van der Waals surface area (Å²) in [5, 5.41) is 20.1. The van der Waals surface area contributed by atoms with E-state index < -0.39 is 11.6 Å². The van der Waals surface area contributed by atoms with Crippen molar-refractivity contribution < 1.29 is 14.3 Å². The van der Waals surface area contributed by atoms with Crippen LogP contribution >= 0.6 is 15.9 Å². The molecule has 1 saturated carbocycles. The molecule has 0 radical (unpaired) electrons. The Balaban J connectivity index is 1.31. The molecular weight excluding hydrogens is 469 g/mol. The lowest BCUT2D eigenvalue weighted by molar-refractivity contribution is -0.122. The van der Waals surface area contributed by atoms with E-state index in [0.717, 1.165) is 10.0 Å². The molecule has 162 valence electrons. The first-order chi connectivity index (χ1) is 14.9. The van der Waals surface area contributed by atoms with E-state index in [1.165, 1.54) is 0 Å². The molecule has 3 heterocycles. The third-order valence-corrected chi connectivity index (χ3v) is 6.08. The van der Waals surface area contributed by atoms with Crippen molar-refractivity contribution in [2.75, 3.05) is 28.6 Å². The second kappa shape index (κ2) is 7.72. The van der Waals surface area contributed by atoms with Crippen molar-refractivity contribution in [1.82, 2.24) is 19.6 Å². The van der Waals surface area contributed by atoms with Gasteiger partial charge in [-0.25, -0.2) is 4.39 Å². The van der Waals surface area contributed by atoms with Gasteiger partial charge in [0.05, 0.1) is 16.8 Å². The number of aliphatic hydroxyl groups is 1. The van der Waals surface area contributed by atoms with E-state index in [-0.39, 0.29) is 18.9 Å². The first-order valence-corrected chi connectivity index (χ1v) is 10.9. The molecule has 0 bridgehead atoms. The average molecular weight is 490 g/mol. The van der Waals surface area contributed by atoms with Gasteiger partial charge in [0.15, 0.2) is 11.3 Å². The zero-order chi connectivity index (χ0) is 21.6. The fraction of sp³-hybridized carbons (Fsp3) is 0.400. The highest BCUT2D eigenvalue weighted by molar-refractivity contribution is 9.10. The fourth-order valence-corrected chi connectivity index (χ4v) is 3.83. The molecule has 5 rings (SSSR count). The third-order valence-electron chi connectivity index (χ3n) is 5.52. The predicted octanol–water partition coefficient (Wildman–Crippen LogP) is 2.51. The summed E-state index contributed by atoms with van der Waals surface area (Å²) in [7, 11) is 0. The number of aromatic nitrogens is 4. The van der Waals surface area contributed by atoms with Crippen LogP contribution in [0.1, 0.15) is 24.8 Å². The Hall–Kier alpha value is -2.79. The molecule has 1 aromatic carbocycles. The van der Waals surface area contributed by atoms with Crippen molar-refractivity contribution in [2.45, 2.75) is 37.6 Å². The number of amides is 1. The van der Waals surface area contributed by atoms with E-state index in [2.05, 4.69) is 41.6 Å². The molecule has 2 aliphatic rings. The number of carbonyl (C=O) groups is 1. The van der Waals surface area contributed by atoms with Crippen LogP contribution in [-0.4, -0.2) is 55.5 Å². The van der Waals surface area contributed by atoms with Gasteiger partial charge in [0.25, 0.3) is 5.91 Å². The molecule has 0 unspecified atom stereocenters. The van der Waals surface area contributed by atoms with Gasteiger partial charge in [0, 0.05) is 25.3 Å². The highest BCUT2D eigenvalue weighted by Crippen LogP contribution is 2.40. The zero-order valence-corrected chi connectivity index (χ0v) is 18.1. The molecule has 11 heteroatoms. The fourth-order valence-electron chi connectivity index (χ4n) is 3.49. The molecule has 1 atom stereocenters. The summed E-state index contributed by atoms with van der Waals surface area (Å²) in [6.45, 7) is 1.65. The monoisotopic (exact) mass is 489 g/mol. The van der Waals surface area contributed by atoms with Crippen LogP contribution in [-0.2, 0) is 11.3 Å². The molecule has 0 spiro atoms. The van der Waals surface area contributed by atoms with Crippen LogP contribution < -0.4 is 15.5 Å². The second-order valence-corrected chi connectivity index (χ2v) is 8.79. The van der Waals surface area contributed by atoms with Crippen LogP contribution in [0.3, 0.4) is 0 Å². The summed E-state index contributed by atoms with van der Waals surface area (Å²) >= 11 is 3.47. The smallest absolute Gasteiger partial charge is 0.262 e. The lowest BCUT2D eigenvalue weighted by Crippen LogP contribution is -2.25. The highest BCUT2D eigenvalue weighted by atomic mass is 79.9. The zero-order valence-electron chi connectivity index (χ0n) is 16.6. The van der Waals surface area contributed by atoms with Crippen molar-refractivity contribution in [3.63, 3.8) is 0 Å². The number of anilines is 3. The molecule has 2 aromatic heterocycles. The van der Waals surface area contributed by atoms with Crippen LogP contribution in [0.4, 0.5) is 22.0 Å². The SMILES string of the molecule is O=C(Nc1ccc(CNc2nc(N3CC[C@H](O)C3)nc3c(Br)cnn23)cc1)C1(F)CC1. The van der Waals surface area contributed by atoms with Gasteiger partial charge in [-0.1, -0.05) is 12.1 Å². The number of alkyl halides is 1. The summed E-state index contributed by atoms with van der Waals surface area (Å²) < 4.78 is 16.2. The molecule has 3 N–H and O–H groups in total. The lowest BCUT2D eigenvalue weighted by Gasteiger charge is -2.17. The molecule has 2 fully saturated rings. The maximum Gasteiger partial charge on any atom is 0.262 e. The van der Waals surface area contributed by atoms with Crippen LogP contribution in [0, 0.1) is 0 Å². The van der Waals surface area contributed by atoms with Crippen molar-refractivity contribution in [3.05, 3.63) is 40.5 Å². The number of rotatable bonds is 6. The van der Waals surface area contributed by atoms with E-state index in [1.54, 1.807) is 22.8 Å². The number of hydrogen-bond acceptors (Lipinski definition) is 7. The van der Waals surface area contributed by atoms with Crippen molar-refractivity contribution in [1.29, 1.82) is 0 Å². The molecule has 1 amide bonds. The number of hydrogen-bond donors (Lipinski definition) is 3. The third kappa shape index (κ3) is 4.07. The Labute approximate surface area is 185 Å². The van der Waals surface area contributed by atoms with E-state index in [0.29, 0.717) is 49.3 Å². The number of benzene rings is 1. The number of β-amino-alcohol motifs (C(OH)–C–C–N with tert-alkyl or cyclic N) is 1. The molecule has 31 heavy (non-hydrogen) atoms. The van der Waals surface area contributed by atoms with E-state index in [4.69, 9.17) is 0 Å². The molecule has 3 aromatic rings. The molecule has 1 aliphatic heterocycles. The van der Waals surface area contributed by atoms with Gasteiger partial charge in [0.1, 0.15) is 0 Å². The number of fused-ring (bicyclic) bond motifs is 1. The van der Waals surface area contributed by atoms with Crippen molar-refractivity contribution in [2.24, 2.45) is 0 Å². The van der Waals surface area contributed by atoms with E-state index in [1.807, 2.05) is 17.0 Å². The lowest BCUT2D eigenvalue weighted by atomic mass is 10.2. The summed E-state index contributed by atoms with van der Waals surface area (Å²) in [5.74, 6) is 0.481. The van der Waals surface area contributed by atoms with Gasteiger partial charge in [-0.15, -0.1) is 0 Å². The Morgan fingerprint density at radius 3 is 2.74 bits per heavy atom. The quantitative estimate of drug-likeness (QED) is 0.488. The Morgan fingerprint density at radius 2 is 2.06 bits per heavy atom. The number of nitrogens with one attached hydrogen (secondary N) is 2. The average Bonchev–Trinajstić information content (AvgIpc) is 3.19. The van der Waals surface area contributed by atoms with Crippen LogP contribution in [0.15, 0.2) is 34.9 Å². The first-order valence-electron chi connectivity index (χ1n) is 10.1. The van der Waals surface area contributed by atoms with Crippen molar-refractivity contribution >= 4 is 45.1 Å². The maximum atomic E-state index is 13.8. The summed E-state index contributed by atoms with van der Waals surface area (Å²) in [6.07, 6.45) is 2.54. The maximum absolute atomic E-state index is 13.8. The Kier molecular flexibility index (Phi) is 5.01. The standard InChI is InChI=1S/C20H21BrFN7O2/c21-15-10-24-29-16(15)26-19(28-8-5-14(30)11-28)27-18(29)23-9-12-1-3-13(4-2-12)25-17(31)20(22)6-7-20/h1-4,10,14,30H,5-9,11H2,(H,25,31)(H,23,26,27)/t14-/m0/s1. The van der Waals surface area contributed by atoms with Gasteiger partial charge in [-0.05, 0) is 52.9 Å². The van der Waals surface area contributed by atoms with Gasteiger partial charge < -0.3 is 20.6 Å². The van der Waals surface area contributed by atoms with Crippen LogP contribution in [0.5, 0.6) is 0 Å². The topological polar surface area (TPSA) is 108 Å². The van der Waals surface area contributed by atoms with Gasteiger partial charge >= 0.3 is 0 Å². The molecule has 9 nitrogen and oxygen atoms in total.